The average molecular weight is 424 g/mol. The fourth-order valence-electron chi connectivity index (χ4n) is 4.33. The number of hydrogen-bond acceptors (Lipinski definition) is 3. The molecule has 1 unspecified atom stereocenters. The van der Waals surface area contributed by atoms with Crippen LogP contribution in [0, 0.1) is 0 Å². The monoisotopic (exact) mass is 422 g/mol. The molecule has 6 heteroatoms. The van der Waals surface area contributed by atoms with Crippen LogP contribution in [-0.4, -0.2) is 48.3 Å². The summed E-state index contributed by atoms with van der Waals surface area (Å²) in [5.74, 6) is 0.146. The van der Waals surface area contributed by atoms with Crippen LogP contribution in [0.15, 0.2) is 24.3 Å². The van der Waals surface area contributed by atoms with E-state index in [0.717, 1.165) is 63.4 Å². The second-order valence-electron chi connectivity index (χ2n) is 7.53. The first-order valence-electron chi connectivity index (χ1n) is 9.58. The normalized spacial score (nSPS) is 22.2. The molecule has 0 spiro atoms. The minimum atomic E-state index is -0.601. The van der Waals surface area contributed by atoms with Crippen LogP contribution in [0.2, 0.25) is 5.02 Å². The summed E-state index contributed by atoms with van der Waals surface area (Å²) in [5, 5.41) is 15.8. The minimum absolute atomic E-state index is 0. The molecule has 150 valence electrons. The van der Waals surface area contributed by atoms with E-state index in [1.807, 2.05) is 12.1 Å². The molecule has 1 aromatic rings. The highest BCUT2D eigenvalue weighted by Gasteiger charge is 2.38. The van der Waals surface area contributed by atoms with Gasteiger partial charge in [-0.25, -0.2) is 0 Å². The molecule has 1 atom stereocenters. The summed E-state index contributed by atoms with van der Waals surface area (Å²) < 4.78 is 0. The van der Waals surface area contributed by atoms with Gasteiger partial charge in [-0.2, -0.15) is 0 Å². The molecule has 2 N–H and O–H groups in total. The molecule has 0 amide bonds. The van der Waals surface area contributed by atoms with E-state index in [-0.39, 0.29) is 30.7 Å². The van der Waals surface area contributed by atoms with Crippen LogP contribution in [0.25, 0.3) is 0 Å². The molecule has 2 aliphatic rings. The van der Waals surface area contributed by atoms with Gasteiger partial charge in [-0.1, -0.05) is 55.8 Å². The third-order valence-corrected chi connectivity index (χ3v) is 6.00. The molecule has 3 nitrogen and oxygen atoms in total. The lowest BCUT2D eigenvalue weighted by Gasteiger charge is -2.41. The van der Waals surface area contributed by atoms with Gasteiger partial charge in [0.1, 0.15) is 0 Å². The fourth-order valence-corrected chi connectivity index (χ4v) is 4.53. The van der Waals surface area contributed by atoms with Gasteiger partial charge in [-0.15, -0.1) is 24.8 Å². The summed E-state index contributed by atoms with van der Waals surface area (Å²) in [6.07, 6.45) is 7.91. The highest BCUT2D eigenvalue weighted by molar-refractivity contribution is 6.30. The van der Waals surface area contributed by atoms with E-state index in [1.54, 1.807) is 0 Å². The Morgan fingerprint density at radius 3 is 2.27 bits per heavy atom. The summed E-state index contributed by atoms with van der Waals surface area (Å²) in [4.78, 5) is 2.50. The van der Waals surface area contributed by atoms with Crippen molar-refractivity contribution in [2.75, 3.05) is 32.7 Å². The molecule has 0 aromatic heterocycles. The molecule has 1 aromatic carbocycles. The van der Waals surface area contributed by atoms with Gasteiger partial charge in [0, 0.05) is 43.7 Å². The summed E-state index contributed by atoms with van der Waals surface area (Å²) >= 11 is 6.27. The van der Waals surface area contributed by atoms with E-state index in [1.165, 1.54) is 24.8 Å². The van der Waals surface area contributed by atoms with Gasteiger partial charge in [-0.3, -0.25) is 0 Å². The van der Waals surface area contributed by atoms with Crippen molar-refractivity contribution >= 4 is 36.4 Å². The van der Waals surface area contributed by atoms with Crippen molar-refractivity contribution in [1.29, 1.82) is 0 Å². The van der Waals surface area contributed by atoms with Crippen molar-refractivity contribution < 1.29 is 5.11 Å². The number of nitrogens with one attached hydrogen (secondary N) is 1. The van der Waals surface area contributed by atoms with Crippen molar-refractivity contribution in [1.82, 2.24) is 10.2 Å². The number of nitrogens with zero attached hydrogens (tertiary/aromatic N) is 1. The third-order valence-electron chi connectivity index (χ3n) is 5.77. The van der Waals surface area contributed by atoms with E-state index in [0.29, 0.717) is 0 Å². The van der Waals surface area contributed by atoms with E-state index in [9.17, 15) is 5.11 Å². The Labute approximate surface area is 175 Å². The topological polar surface area (TPSA) is 35.5 Å². The highest BCUT2D eigenvalue weighted by Crippen LogP contribution is 2.39. The van der Waals surface area contributed by atoms with Crippen LogP contribution in [0.5, 0.6) is 0 Å². The van der Waals surface area contributed by atoms with Gasteiger partial charge in [0.15, 0.2) is 0 Å². The predicted octanol–water partition coefficient (Wildman–Crippen LogP) is 4.65. The molecule has 26 heavy (non-hydrogen) atoms. The van der Waals surface area contributed by atoms with Crippen LogP contribution in [-0.2, 0) is 0 Å². The lowest BCUT2D eigenvalue weighted by Crippen LogP contribution is -2.49. The van der Waals surface area contributed by atoms with Crippen molar-refractivity contribution in [3.63, 3.8) is 0 Å². The summed E-state index contributed by atoms with van der Waals surface area (Å²) in [6.45, 7) is 5.14. The smallest absolute Gasteiger partial charge is 0.0728 e. The number of hydrogen-bond donors (Lipinski definition) is 2. The van der Waals surface area contributed by atoms with Crippen LogP contribution in [0.4, 0.5) is 0 Å². The van der Waals surface area contributed by atoms with E-state index in [2.05, 4.69) is 22.3 Å². The second kappa shape index (κ2) is 11.7. The number of rotatable bonds is 4. The maximum atomic E-state index is 11.6. The largest absolute Gasteiger partial charge is 0.389 e. The first kappa shape index (κ1) is 24.0. The molecule has 1 aliphatic heterocycles. The van der Waals surface area contributed by atoms with E-state index >= 15 is 0 Å². The lowest BCUT2D eigenvalue weighted by molar-refractivity contribution is -0.0231. The Hall–Kier alpha value is -0.0300. The van der Waals surface area contributed by atoms with Crippen LogP contribution in [0.3, 0.4) is 0 Å². The van der Waals surface area contributed by atoms with Crippen molar-refractivity contribution in [3.05, 3.63) is 34.9 Å². The zero-order valence-electron chi connectivity index (χ0n) is 15.5. The van der Waals surface area contributed by atoms with Gasteiger partial charge in [0.05, 0.1) is 5.60 Å². The summed E-state index contributed by atoms with van der Waals surface area (Å²) in [7, 11) is 0. The zero-order chi connectivity index (χ0) is 16.8. The van der Waals surface area contributed by atoms with Crippen LogP contribution < -0.4 is 5.32 Å². The van der Waals surface area contributed by atoms with Gasteiger partial charge in [-0.05, 0) is 30.5 Å². The number of aliphatic hydroxyl groups is 1. The Morgan fingerprint density at radius 2 is 1.65 bits per heavy atom. The average Bonchev–Trinajstić information content (AvgIpc) is 2.57. The summed E-state index contributed by atoms with van der Waals surface area (Å²) in [6, 6.07) is 8.16. The molecule has 1 saturated carbocycles. The predicted molar refractivity (Wildman–Crippen MR) is 115 cm³/mol. The molecule has 1 aliphatic carbocycles. The van der Waals surface area contributed by atoms with Crippen LogP contribution in [0.1, 0.15) is 56.4 Å². The SMILES string of the molecule is Cl.Cl.OC1(C(CN2CCNCC2)c2cccc(Cl)c2)CCCCCCC1. The molecule has 1 heterocycles. The Morgan fingerprint density at radius 1 is 1.04 bits per heavy atom. The quantitative estimate of drug-likeness (QED) is 0.740. The molecular weight excluding hydrogens is 391 g/mol. The van der Waals surface area contributed by atoms with Gasteiger partial charge >= 0.3 is 0 Å². The standard InChI is InChI=1S/C20H31ClN2O.2ClH/c21-18-8-6-7-17(15-18)19(16-23-13-11-22-12-14-23)20(24)9-4-2-1-3-5-10-20;;/h6-8,15,19,22,24H,1-5,9-14,16H2;2*1H. The molecular formula is C20H33Cl3N2O. The minimum Gasteiger partial charge on any atom is -0.389 e. The van der Waals surface area contributed by atoms with Crippen molar-refractivity contribution in [3.8, 4) is 0 Å². The molecule has 0 bridgehead atoms. The first-order chi connectivity index (χ1) is 11.7. The Balaban J connectivity index is 0.00000169. The molecule has 2 fully saturated rings. The van der Waals surface area contributed by atoms with Crippen LogP contribution >= 0.6 is 36.4 Å². The summed E-state index contributed by atoms with van der Waals surface area (Å²) in [5.41, 5.74) is 0.597. The molecule has 3 rings (SSSR count). The van der Waals surface area contributed by atoms with Crippen molar-refractivity contribution in [2.24, 2.45) is 0 Å². The van der Waals surface area contributed by atoms with Gasteiger partial charge in [0.25, 0.3) is 0 Å². The van der Waals surface area contributed by atoms with Gasteiger partial charge < -0.3 is 15.3 Å². The van der Waals surface area contributed by atoms with E-state index < -0.39 is 5.60 Å². The Bertz CT molecular complexity index is 516. The molecule has 0 radical (unpaired) electrons. The van der Waals surface area contributed by atoms with Gasteiger partial charge in [0.2, 0.25) is 0 Å². The van der Waals surface area contributed by atoms with Crippen molar-refractivity contribution in [2.45, 2.75) is 56.5 Å². The number of benzene rings is 1. The maximum absolute atomic E-state index is 11.6. The maximum Gasteiger partial charge on any atom is 0.0728 e. The first-order valence-corrected chi connectivity index (χ1v) is 9.96. The third kappa shape index (κ3) is 6.54. The second-order valence-corrected chi connectivity index (χ2v) is 7.97. The zero-order valence-corrected chi connectivity index (χ0v) is 17.8. The fraction of sp³-hybridized carbons (Fsp3) is 0.700. The van der Waals surface area contributed by atoms with E-state index in [4.69, 9.17) is 11.6 Å². The number of piperazine rings is 1. The number of halogens is 3. The highest BCUT2D eigenvalue weighted by atomic mass is 35.5. The molecule has 1 saturated heterocycles. The Kier molecular flexibility index (Phi) is 10.8. The lowest BCUT2D eigenvalue weighted by atomic mass is 9.74.